The summed E-state index contributed by atoms with van der Waals surface area (Å²) in [4.78, 5) is 12.5. The Balaban J connectivity index is 2.21. The Hall–Kier alpha value is -2.17. The number of carbonyl (C=O) groups is 1. The lowest BCUT2D eigenvalue weighted by molar-refractivity contribution is 0.102. The van der Waals surface area contributed by atoms with E-state index in [9.17, 15) is 9.18 Å². The molecular weight excluding hydrogens is 293 g/mol. The van der Waals surface area contributed by atoms with Gasteiger partial charge < -0.3 is 5.32 Å². The molecule has 1 heterocycles. The van der Waals surface area contributed by atoms with Gasteiger partial charge in [-0.15, -0.1) is 0 Å². The first-order chi connectivity index (χ1) is 10.9. The summed E-state index contributed by atoms with van der Waals surface area (Å²) in [5.74, 6) is 0.269. The summed E-state index contributed by atoms with van der Waals surface area (Å²) < 4.78 is 15.1. The van der Waals surface area contributed by atoms with Crippen LogP contribution in [0.5, 0.6) is 0 Å². The van der Waals surface area contributed by atoms with Crippen LogP contribution in [-0.4, -0.2) is 15.7 Å². The smallest absolute Gasteiger partial charge is 0.259 e. The largest absolute Gasteiger partial charge is 0.322 e. The van der Waals surface area contributed by atoms with Crippen LogP contribution in [0.3, 0.4) is 0 Å². The number of nitrogens with one attached hydrogen (secondary N) is 1. The third-order valence-corrected chi connectivity index (χ3v) is 3.74. The number of nitrogens with zero attached hydrogens (tertiary/aromatic N) is 2. The van der Waals surface area contributed by atoms with E-state index in [1.807, 2.05) is 24.3 Å². The molecule has 1 amide bonds. The summed E-state index contributed by atoms with van der Waals surface area (Å²) in [6, 6.07) is 7.74. The van der Waals surface area contributed by atoms with Gasteiger partial charge >= 0.3 is 0 Å². The Morgan fingerprint density at radius 1 is 1.30 bits per heavy atom. The Morgan fingerprint density at radius 3 is 2.65 bits per heavy atom. The summed E-state index contributed by atoms with van der Waals surface area (Å²) >= 11 is 0. The number of hydrogen-bond acceptors (Lipinski definition) is 2. The topological polar surface area (TPSA) is 46.9 Å². The minimum atomic E-state index is -1.28. The predicted molar refractivity (Wildman–Crippen MR) is 90.3 cm³/mol. The molecule has 0 aliphatic heterocycles. The number of aryl methyl sites for hydroxylation is 2. The van der Waals surface area contributed by atoms with Crippen LogP contribution in [-0.2, 0) is 13.5 Å². The number of para-hydroxylation sites is 1. The minimum absolute atomic E-state index is 0.171. The fourth-order valence-corrected chi connectivity index (χ4v) is 2.47. The van der Waals surface area contributed by atoms with Crippen molar-refractivity contribution in [1.29, 1.82) is 0 Å². The van der Waals surface area contributed by atoms with Gasteiger partial charge in [-0.2, -0.15) is 5.10 Å². The Morgan fingerprint density at radius 2 is 2.00 bits per heavy atom. The van der Waals surface area contributed by atoms with E-state index in [-0.39, 0.29) is 17.2 Å². The lowest BCUT2D eigenvalue weighted by Gasteiger charge is -2.12. The van der Waals surface area contributed by atoms with Crippen molar-refractivity contribution in [3.05, 3.63) is 47.3 Å². The number of anilines is 1. The number of alkyl halides is 1. The summed E-state index contributed by atoms with van der Waals surface area (Å²) in [7, 11) is 1.68. The molecule has 5 heteroatoms. The highest BCUT2D eigenvalue weighted by molar-refractivity contribution is 6.05. The van der Waals surface area contributed by atoms with E-state index >= 15 is 0 Å². The van der Waals surface area contributed by atoms with Gasteiger partial charge in [-0.3, -0.25) is 9.48 Å². The van der Waals surface area contributed by atoms with Crippen molar-refractivity contribution in [2.24, 2.45) is 13.0 Å². The van der Waals surface area contributed by atoms with Gasteiger partial charge in [-0.1, -0.05) is 32.0 Å². The molecule has 2 aromatic rings. The van der Waals surface area contributed by atoms with Crippen molar-refractivity contribution >= 4 is 11.6 Å². The molecule has 0 fully saturated rings. The van der Waals surface area contributed by atoms with Gasteiger partial charge in [0.05, 0.1) is 5.56 Å². The molecule has 0 saturated heterocycles. The van der Waals surface area contributed by atoms with Gasteiger partial charge in [0.25, 0.3) is 5.91 Å². The molecule has 0 spiro atoms. The van der Waals surface area contributed by atoms with Crippen molar-refractivity contribution in [1.82, 2.24) is 9.78 Å². The first-order valence-electron chi connectivity index (χ1n) is 7.95. The van der Waals surface area contributed by atoms with Crippen LogP contribution in [0, 0.1) is 5.92 Å². The molecule has 0 bridgehead atoms. The van der Waals surface area contributed by atoms with Crippen molar-refractivity contribution in [3.63, 3.8) is 0 Å². The van der Waals surface area contributed by atoms with Gasteiger partial charge in [0.1, 0.15) is 11.9 Å². The summed E-state index contributed by atoms with van der Waals surface area (Å²) in [5.41, 5.74) is 2.32. The second kappa shape index (κ2) is 7.40. The third-order valence-electron chi connectivity index (χ3n) is 3.74. The molecule has 0 aliphatic carbocycles. The second-order valence-electron chi connectivity index (χ2n) is 6.26. The van der Waals surface area contributed by atoms with E-state index in [4.69, 9.17) is 0 Å². The Bertz CT molecular complexity index is 677. The van der Waals surface area contributed by atoms with E-state index in [2.05, 4.69) is 24.3 Å². The van der Waals surface area contributed by atoms with Crippen LogP contribution < -0.4 is 5.32 Å². The number of rotatable bonds is 6. The number of aromatic nitrogens is 2. The van der Waals surface area contributed by atoms with Crippen molar-refractivity contribution < 1.29 is 9.18 Å². The van der Waals surface area contributed by atoms with Crippen LogP contribution >= 0.6 is 0 Å². The molecule has 0 saturated carbocycles. The monoisotopic (exact) mass is 317 g/mol. The standard InChI is InChI=1S/C18H24FN3O/c1-12(2)9-10-14-7-5-6-8-16(14)20-18(23)15-11-22(4)21-17(15)13(3)19/h5-8,11-13H,9-10H2,1-4H3,(H,20,23). The SMILES string of the molecule is CC(C)CCc1ccccc1NC(=O)c1cn(C)nc1C(C)F. The van der Waals surface area contributed by atoms with Crippen LogP contribution in [0.4, 0.5) is 10.1 Å². The van der Waals surface area contributed by atoms with Gasteiger partial charge in [-0.25, -0.2) is 4.39 Å². The normalized spacial score (nSPS) is 12.4. The van der Waals surface area contributed by atoms with Crippen molar-refractivity contribution in [2.45, 2.75) is 39.8 Å². The highest BCUT2D eigenvalue weighted by atomic mass is 19.1. The van der Waals surface area contributed by atoms with Crippen LogP contribution in [0.1, 0.15) is 55.0 Å². The van der Waals surface area contributed by atoms with Gasteiger partial charge in [0, 0.05) is 18.9 Å². The predicted octanol–water partition coefficient (Wildman–Crippen LogP) is 4.29. The molecule has 1 N–H and O–H groups in total. The molecular formula is C18H24FN3O. The number of hydrogen-bond donors (Lipinski definition) is 1. The average Bonchev–Trinajstić information content (AvgIpc) is 2.88. The van der Waals surface area contributed by atoms with E-state index in [0.29, 0.717) is 5.92 Å². The fourth-order valence-electron chi connectivity index (χ4n) is 2.47. The first kappa shape index (κ1) is 17.2. The highest BCUT2D eigenvalue weighted by Crippen LogP contribution is 2.23. The molecule has 0 radical (unpaired) electrons. The maximum Gasteiger partial charge on any atom is 0.259 e. The summed E-state index contributed by atoms with van der Waals surface area (Å²) in [6.45, 7) is 5.73. The molecule has 1 aromatic carbocycles. The van der Waals surface area contributed by atoms with Crippen LogP contribution in [0.15, 0.2) is 30.5 Å². The highest BCUT2D eigenvalue weighted by Gasteiger charge is 2.20. The molecule has 4 nitrogen and oxygen atoms in total. The summed E-state index contributed by atoms with van der Waals surface area (Å²) in [6.07, 6.45) is 2.21. The van der Waals surface area contributed by atoms with E-state index in [1.54, 1.807) is 13.2 Å². The Kier molecular flexibility index (Phi) is 5.53. The zero-order valence-corrected chi connectivity index (χ0v) is 14.1. The molecule has 124 valence electrons. The number of halogens is 1. The molecule has 23 heavy (non-hydrogen) atoms. The average molecular weight is 317 g/mol. The van der Waals surface area contributed by atoms with Gasteiger partial charge in [0.15, 0.2) is 0 Å². The maximum atomic E-state index is 13.6. The number of benzene rings is 1. The van der Waals surface area contributed by atoms with Crippen molar-refractivity contribution in [2.75, 3.05) is 5.32 Å². The second-order valence-corrected chi connectivity index (χ2v) is 6.26. The summed E-state index contributed by atoms with van der Waals surface area (Å²) in [5, 5.41) is 6.94. The van der Waals surface area contributed by atoms with E-state index < -0.39 is 6.17 Å². The fraction of sp³-hybridized carbons (Fsp3) is 0.444. The van der Waals surface area contributed by atoms with Crippen molar-refractivity contribution in [3.8, 4) is 0 Å². The molecule has 0 aliphatic rings. The lowest BCUT2D eigenvalue weighted by Crippen LogP contribution is -2.15. The zero-order chi connectivity index (χ0) is 17.0. The van der Waals surface area contributed by atoms with Crippen LogP contribution in [0.2, 0.25) is 0 Å². The molecule has 1 atom stereocenters. The number of carbonyl (C=O) groups excluding carboxylic acids is 1. The molecule has 1 aromatic heterocycles. The molecule has 1 unspecified atom stereocenters. The van der Waals surface area contributed by atoms with E-state index in [0.717, 1.165) is 24.1 Å². The first-order valence-corrected chi connectivity index (χ1v) is 7.95. The number of amides is 1. The Labute approximate surface area is 136 Å². The third kappa shape index (κ3) is 4.41. The van der Waals surface area contributed by atoms with Gasteiger partial charge in [-0.05, 0) is 37.3 Å². The quantitative estimate of drug-likeness (QED) is 0.864. The maximum absolute atomic E-state index is 13.6. The molecule has 2 rings (SSSR count). The van der Waals surface area contributed by atoms with E-state index in [1.165, 1.54) is 11.6 Å². The zero-order valence-electron chi connectivity index (χ0n) is 14.1. The lowest BCUT2D eigenvalue weighted by atomic mass is 10.0. The van der Waals surface area contributed by atoms with Gasteiger partial charge in [0.2, 0.25) is 0 Å². The van der Waals surface area contributed by atoms with Crippen LogP contribution in [0.25, 0.3) is 0 Å². The minimum Gasteiger partial charge on any atom is -0.322 e.